The van der Waals surface area contributed by atoms with Gasteiger partial charge in [-0.25, -0.2) is 0 Å². The third-order valence-corrected chi connectivity index (χ3v) is 5.65. The van der Waals surface area contributed by atoms with Crippen LogP contribution in [0.5, 0.6) is 0 Å². The Bertz CT molecular complexity index is 1030. The lowest BCUT2D eigenvalue weighted by Gasteiger charge is -2.28. The Hall–Kier alpha value is -3.40. The van der Waals surface area contributed by atoms with Gasteiger partial charge in [-0.15, -0.1) is 0 Å². The van der Waals surface area contributed by atoms with Gasteiger partial charge < -0.3 is 10.2 Å². The molecular weight excluding hydrogens is 372 g/mol. The van der Waals surface area contributed by atoms with Crippen molar-refractivity contribution in [1.82, 2.24) is 10.2 Å². The van der Waals surface area contributed by atoms with Crippen LogP contribution in [0.25, 0.3) is 0 Å². The van der Waals surface area contributed by atoms with Gasteiger partial charge in [-0.3, -0.25) is 9.59 Å². The number of amides is 2. The van der Waals surface area contributed by atoms with E-state index in [0.717, 1.165) is 28.7 Å². The lowest BCUT2D eigenvalue weighted by Crippen LogP contribution is -2.35. The molecule has 30 heavy (non-hydrogen) atoms. The number of hydrogen-bond donors (Lipinski definition) is 1. The summed E-state index contributed by atoms with van der Waals surface area (Å²) in [7, 11) is 0. The number of hydrogen-bond acceptors (Lipinski definition) is 2. The molecule has 4 heteroatoms. The van der Waals surface area contributed by atoms with Gasteiger partial charge in [0.1, 0.15) is 0 Å². The number of carbonyl (C=O) groups excluding carboxylic acids is 2. The topological polar surface area (TPSA) is 49.4 Å². The van der Waals surface area contributed by atoms with Crippen LogP contribution >= 0.6 is 0 Å². The molecule has 0 aliphatic carbocycles. The molecule has 4 nitrogen and oxygen atoms in total. The minimum Gasteiger partial charge on any atom is -0.356 e. The van der Waals surface area contributed by atoms with Crippen LogP contribution in [0, 0.1) is 6.92 Å². The first-order valence-electron chi connectivity index (χ1n) is 10.4. The summed E-state index contributed by atoms with van der Waals surface area (Å²) in [6, 6.07) is 25.6. The van der Waals surface area contributed by atoms with Gasteiger partial charge in [0.2, 0.25) is 5.91 Å². The van der Waals surface area contributed by atoms with E-state index in [2.05, 4.69) is 17.4 Å². The average molecular weight is 399 g/mol. The van der Waals surface area contributed by atoms with E-state index in [-0.39, 0.29) is 24.3 Å². The second-order valence-electron chi connectivity index (χ2n) is 7.81. The molecule has 0 unspecified atom stereocenters. The lowest BCUT2D eigenvalue weighted by atomic mass is 10.00. The van der Waals surface area contributed by atoms with Crippen molar-refractivity contribution < 1.29 is 9.59 Å². The number of nitrogens with one attached hydrogen (secondary N) is 1. The van der Waals surface area contributed by atoms with E-state index in [1.807, 2.05) is 78.6 Å². The highest BCUT2D eigenvalue weighted by molar-refractivity contribution is 5.98. The molecule has 0 spiro atoms. The Morgan fingerprint density at radius 3 is 2.40 bits per heavy atom. The second kappa shape index (κ2) is 8.95. The number of nitrogens with zero attached hydrogens (tertiary/aromatic N) is 1. The van der Waals surface area contributed by atoms with Crippen molar-refractivity contribution in [2.45, 2.75) is 32.4 Å². The van der Waals surface area contributed by atoms with Crippen LogP contribution in [0.1, 0.15) is 45.1 Å². The van der Waals surface area contributed by atoms with Crippen LogP contribution < -0.4 is 5.32 Å². The summed E-state index contributed by atoms with van der Waals surface area (Å²) in [5.41, 5.74) is 5.09. The highest BCUT2D eigenvalue weighted by atomic mass is 16.2. The van der Waals surface area contributed by atoms with Gasteiger partial charge in [-0.2, -0.15) is 0 Å². The van der Waals surface area contributed by atoms with Gasteiger partial charge >= 0.3 is 0 Å². The number of benzene rings is 3. The maximum absolute atomic E-state index is 13.1. The molecule has 4 rings (SSSR count). The zero-order chi connectivity index (χ0) is 20.9. The lowest BCUT2D eigenvalue weighted by molar-refractivity contribution is -0.122. The molecule has 3 aromatic rings. The van der Waals surface area contributed by atoms with Crippen molar-refractivity contribution in [3.05, 3.63) is 107 Å². The largest absolute Gasteiger partial charge is 0.356 e. The first-order valence-corrected chi connectivity index (χ1v) is 10.4. The zero-order valence-electron chi connectivity index (χ0n) is 17.2. The summed E-state index contributed by atoms with van der Waals surface area (Å²) < 4.78 is 0. The SMILES string of the molecule is Cc1ccc([C@H](CC(=O)NCCc2ccccc2)N2Cc3ccccc3C2=O)cc1. The van der Waals surface area contributed by atoms with Crippen LogP contribution in [0.3, 0.4) is 0 Å². The number of fused-ring (bicyclic) bond motifs is 1. The predicted octanol–water partition coefficient (Wildman–Crippen LogP) is 4.44. The number of rotatable bonds is 7. The van der Waals surface area contributed by atoms with Crippen molar-refractivity contribution >= 4 is 11.8 Å². The molecule has 1 heterocycles. The van der Waals surface area contributed by atoms with Crippen LogP contribution in [0.4, 0.5) is 0 Å². The number of carbonyl (C=O) groups is 2. The Kier molecular flexibility index (Phi) is 5.94. The molecule has 1 aliphatic heterocycles. The summed E-state index contributed by atoms with van der Waals surface area (Å²) in [4.78, 5) is 27.6. The van der Waals surface area contributed by atoms with E-state index in [1.165, 1.54) is 5.56 Å². The van der Waals surface area contributed by atoms with Crippen LogP contribution in [-0.4, -0.2) is 23.3 Å². The maximum Gasteiger partial charge on any atom is 0.255 e. The first kappa shape index (κ1) is 19.9. The first-order chi connectivity index (χ1) is 14.6. The van der Waals surface area contributed by atoms with Crippen molar-refractivity contribution in [2.75, 3.05) is 6.54 Å². The van der Waals surface area contributed by atoms with Gasteiger partial charge in [0.05, 0.1) is 12.5 Å². The van der Waals surface area contributed by atoms with Crippen molar-refractivity contribution in [3.63, 3.8) is 0 Å². The van der Waals surface area contributed by atoms with Gasteiger partial charge in [-0.05, 0) is 36.1 Å². The molecule has 0 saturated carbocycles. The molecule has 0 fully saturated rings. The monoisotopic (exact) mass is 398 g/mol. The fraction of sp³-hybridized carbons (Fsp3) is 0.231. The molecule has 0 saturated heterocycles. The van der Waals surface area contributed by atoms with Gasteiger partial charge in [0.25, 0.3) is 5.91 Å². The molecule has 0 radical (unpaired) electrons. The third-order valence-electron chi connectivity index (χ3n) is 5.65. The van der Waals surface area contributed by atoms with E-state index in [4.69, 9.17) is 0 Å². The fourth-order valence-electron chi connectivity index (χ4n) is 3.96. The third kappa shape index (κ3) is 4.43. The Morgan fingerprint density at radius 2 is 1.67 bits per heavy atom. The minimum absolute atomic E-state index is 0.00624. The quantitative estimate of drug-likeness (QED) is 0.640. The molecule has 152 valence electrons. The van der Waals surface area contributed by atoms with Crippen molar-refractivity contribution in [1.29, 1.82) is 0 Å². The predicted molar refractivity (Wildman–Crippen MR) is 118 cm³/mol. The average Bonchev–Trinajstić information content (AvgIpc) is 3.10. The highest BCUT2D eigenvalue weighted by Gasteiger charge is 2.34. The molecule has 3 aromatic carbocycles. The molecule has 1 N–H and O–H groups in total. The van der Waals surface area contributed by atoms with Gasteiger partial charge in [-0.1, -0.05) is 78.4 Å². The summed E-state index contributed by atoms with van der Waals surface area (Å²) in [5.74, 6) is -0.0477. The van der Waals surface area contributed by atoms with Crippen molar-refractivity contribution in [3.8, 4) is 0 Å². The molecule has 0 bridgehead atoms. The fourth-order valence-corrected chi connectivity index (χ4v) is 3.96. The van der Waals surface area contributed by atoms with Crippen LogP contribution in [0.15, 0.2) is 78.9 Å². The van der Waals surface area contributed by atoms with E-state index in [0.29, 0.717) is 13.1 Å². The van der Waals surface area contributed by atoms with Crippen LogP contribution in [-0.2, 0) is 17.8 Å². The Balaban J connectivity index is 1.48. The zero-order valence-corrected chi connectivity index (χ0v) is 17.2. The van der Waals surface area contributed by atoms with Crippen LogP contribution in [0.2, 0.25) is 0 Å². The smallest absolute Gasteiger partial charge is 0.255 e. The molecule has 0 aromatic heterocycles. The summed E-state index contributed by atoms with van der Waals surface area (Å²) in [5, 5.41) is 3.03. The van der Waals surface area contributed by atoms with Gasteiger partial charge in [0, 0.05) is 18.7 Å². The summed E-state index contributed by atoms with van der Waals surface area (Å²) in [6.45, 7) is 3.15. The van der Waals surface area contributed by atoms with E-state index < -0.39 is 0 Å². The van der Waals surface area contributed by atoms with E-state index in [1.54, 1.807) is 0 Å². The molecule has 2 amide bonds. The minimum atomic E-state index is -0.290. The van der Waals surface area contributed by atoms with E-state index in [9.17, 15) is 9.59 Å². The number of aryl methyl sites for hydroxylation is 1. The standard InChI is InChI=1S/C26H26N2O2/c1-19-11-13-21(14-12-19)24(28-18-22-9-5-6-10-23(22)26(28)30)17-25(29)27-16-15-20-7-3-2-4-8-20/h2-14,24H,15-18H2,1H3,(H,27,29)/t24-/m0/s1. The highest BCUT2D eigenvalue weighted by Crippen LogP contribution is 2.33. The molecule has 1 atom stereocenters. The Labute approximate surface area is 177 Å². The summed E-state index contributed by atoms with van der Waals surface area (Å²) >= 11 is 0. The molecular formula is C26H26N2O2. The summed E-state index contributed by atoms with van der Waals surface area (Å²) in [6.07, 6.45) is 1.04. The van der Waals surface area contributed by atoms with Gasteiger partial charge in [0.15, 0.2) is 0 Å². The maximum atomic E-state index is 13.1. The molecule has 1 aliphatic rings. The second-order valence-corrected chi connectivity index (χ2v) is 7.81. The normalized spacial score (nSPS) is 13.8. The van der Waals surface area contributed by atoms with E-state index >= 15 is 0 Å². The Morgan fingerprint density at radius 1 is 0.967 bits per heavy atom. The van der Waals surface area contributed by atoms with Crippen molar-refractivity contribution in [2.24, 2.45) is 0 Å².